The average molecular weight is 995 g/mol. The van der Waals surface area contributed by atoms with Gasteiger partial charge in [-0.2, -0.15) is 0 Å². The van der Waals surface area contributed by atoms with Gasteiger partial charge in [0.05, 0.1) is 0 Å². The van der Waals surface area contributed by atoms with Gasteiger partial charge >= 0.3 is 17.6 Å². The van der Waals surface area contributed by atoms with E-state index in [9.17, 15) is 4.79 Å². The zero-order valence-electron chi connectivity index (χ0n) is 44.4. The summed E-state index contributed by atoms with van der Waals surface area (Å²) in [6.07, 6.45) is -0.529. The Morgan fingerprint density at radius 3 is 0.682 bits per heavy atom. The third-order valence-electron chi connectivity index (χ3n) is 10.7. The number of rotatable bonds is 44. The van der Waals surface area contributed by atoms with Crippen LogP contribution in [0, 0.1) is 0 Å². The molecule has 0 aromatic carbocycles. The summed E-state index contributed by atoms with van der Waals surface area (Å²) in [4.78, 5) is 13.1. The standard InChI is InChI=1S/C45H94O19Si2/c1-31(65(59-39(9)53-33(3)47-15,60-40(10)54-34(4)48-16)61-41(11)55-35(5)49-17)27-23-21-25-29-45(46)30-26-22-24-28-32(2)66(62-42(12)56-36(6)50-18,63-43(13)57-37(7)51-19)64-44(14)58-38(8)52-20/h31-44H,21-30H2,1-20H3. The number of unbranched alkanes of at least 4 members (excludes halogenated alkanes) is 4. The highest BCUT2D eigenvalue weighted by atomic mass is 28.4. The van der Waals surface area contributed by atoms with Gasteiger partial charge in [0.1, 0.15) is 5.78 Å². The largest absolute Gasteiger partial charge is 0.509 e. The Morgan fingerprint density at radius 2 is 0.500 bits per heavy atom. The molecular weight excluding hydrogens is 901 g/mol. The molecule has 0 spiro atoms. The molecule has 0 fully saturated rings. The Kier molecular flexibility index (Phi) is 36.0. The molecule has 14 atom stereocenters. The maximum absolute atomic E-state index is 13.1. The summed E-state index contributed by atoms with van der Waals surface area (Å²) in [6, 6.07) is 0. The molecule has 0 rings (SSSR count). The number of hydrogen-bond donors (Lipinski definition) is 0. The molecule has 396 valence electrons. The van der Waals surface area contributed by atoms with Gasteiger partial charge in [-0.25, -0.2) is 0 Å². The maximum atomic E-state index is 13.1. The highest BCUT2D eigenvalue weighted by molar-refractivity contribution is 6.62. The molecule has 0 saturated heterocycles. The minimum Gasteiger partial charge on any atom is -0.356 e. The second kappa shape index (κ2) is 36.3. The van der Waals surface area contributed by atoms with Crippen LogP contribution in [0.4, 0.5) is 0 Å². The maximum Gasteiger partial charge on any atom is 0.509 e. The molecule has 66 heavy (non-hydrogen) atoms. The second-order valence-electron chi connectivity index (χ2n) is 16.5. The lowest BCUT2D eigenvalue weighted by atomic mass is 10.0. The lowest BCUT2D eigenvalue weighted by Gasteiger charge is -2.40. The first-order valence-electron chi connectivity index (χ1n) is 23.7. The summed E-state index contributed by atoms with van der Waals surface area (Å²) in [5.41, 5.74) is -0.427. The van der Waals surface area contributed by atoms with E-state index >= 15 is 0 Å². The van der Waals surface area contributed by atoms with Crippen LogP contribution in [0.15, 0.2) is 0 Å². The van der Waals surface area contributed by atoms with Crippen LogP contribution in [-0.2, 0) is 88.2 Å². The zero-order valence-corrected chi connectivity index (χ0v) is 46.4. The van der Waals surface area contributed by atoms with Gasteiger partial charge in [-0.15, -0.1) is 0 Å². The summed E-state index contributed by atoms with van der Waals surface area (Å²) in [5, 5.41) is 0. The van der Waals surface area contributed by atoms with Gasteiger partial charge in [0.15, 0.2) is 75.5 Å². The lowest BCUT2D eigenvalue weighted by Crippen LogP contribution is -2.56. The molecule has 0 aliphatic carbocycles. The molecule has 0 N–H and O–H groups in total. The van der Waals surface area contributed by atoms with E-state index in [1.54, 1.807) is 126 Å². The molecule has 0 aromatic rings. The molecule has 14 unspecified atom stereocenters. The topological polar surface area (TPSA) is 183 Å². The number of carbonyl (C=O) groups excluding carboxylic acids is 1. The average Bonchev–Trinajstić information content (AvgIpc) is 3.24. The van der Waals surface area contributed by atoms with E-state index in [4.69, 9.17) is 83.4 Å². The number of carbonyl (C=O) groups is 1. The molecule has 0 aromatic heterocycles. The summed E-state index contributed by atoms with van der Waals surface area (Å²) in [5.74, 6) is 0.234. The Hall–Kier alpha value is -0.616. The zero-order chi connectivity index (χ0) is 50.5. The van der Waals surface area contributed by atoms with Gasteiger partial charge in [0, 0.05) is 66.6 Å². The predicted octanol–water partition coefficient (Wildman–Crippen LogP) is 9.34. The van der Waals surface area contributed by atoms with Crippen molar-refractivity contribution in [1.82, 2.24) is 0 Å². The molecule has 0 saturated carbocycles. The van der Waals surface area contributed by atoms with E-state index in [2.05, 4.69) is 0 Å². The van der Waals surface area contributed by atoms with Crippen molar-refractivity contribution in [3.8, 4) is 0 Å². The molecule has 0 amide bonds. The second-order valence-corrected chi connectivity index (χ2v) is 22.3. The first-order valence-corrected chi connectivity index (χ1v) is 27.3. The van der Waals surface area contributed by atoms with E-state index < -0.39 is 93.1 Å². The fraction of sp³-hybridized carbons (Fsp3) is 0.978. The third-order valence-corrected chi connectivity index (χ3v) is 17.6. The number of methoxy groups -OCH3 is 6. The van der Waals surface area contributed by atoms with Crippen molar-refractivity contribution in [2.45, 2.75) is 248 Å². The van der Waals surface area contributed by atoms with Crippen molar-refractivity contribution in [3.05, 3.63) is 0 Å². The Bertz CT molecular complexity index is 1010. The molecule has 0 radical (unpaired) electrons. The van der Waals surface area contributed by atoms with Gasteiger partial charge < -0.3 is 83.4 Å². The van der Waals surface area contributed by atoms with Crippen molar-refractivity contribution < 1.29 is 88.2 Å². The Balaban J connectivity index is 5.74. The van der Waals surface area contributed by atoms with Gasteiger partial charge in [0.2, 0.25) is 0 Å². The smallest absolute Gasteiger partial charge is 0.356 e. The normalized spacial score (nSPS) is 20.7. The Labute approximate surface area is 401 Å². The third kappa shape index (κ3) is 28.3. The lowest BCUT2D eigenvalue weighted by molar-refractivity contribution is -0.255. The Morgan fingerprint density at radius 1 is 0.303 bits per heavy atom. The van der Waals surface area contributed by atoms with Crippen molar-refractivity contribution in [1.29, 1.82) is 0 Å². The van der Waals surface area contributed by atoms with Gasteiger partial charge in [0.25, 0.3) is 0 Å². The minimum atomic E-state index is -3.67. The fourth-order valence-electron chi connectivity index (χ4n) is 6.75. The highest BCUT2D eigenvalue weighted by Gasteiger charge is 2.53. The van der Waals surface area contributed by atoms with Crippen molar-refractivity contribution in [3.63, 3.8) is 0 Å². The summed E-state index contributed by atoms with van der Waals surface area (Å²) in [6.45, 7) is 25.3. The van der Waals surface area contributed by atoms with Crippen molar-refractivity contribution >= 4 is 23.4 Å². The minimum absolute atomic E-state index is 0.214. The van der Waals surface area contributed by atoms with Crippen LogP contribution in [0.3, 0.4) is 0 Å². The molecule has 0 bridgehead atoms. The number of Topliss-reactive ketones (excluding diaryl/α,β-unsaturated/α-hetero) is 1. The first kappa shape index (κ1) is 65.4. The van der Waals surface area contributed by atoms with Crippen LogP contribution in [0.25, 0.3) is 0 Å². The van der Waals surface area contributed by atoms with E-state index in [0.717, 1.165) is 38.5 Å². The molecule has 19 nitrogen and oxygen atoms in total. The SMILES string of the molecule is COC(C)OC(C)O[Si](OC(C)OC(C)OC)(OC(C)OC(C)OC)C(C)CCCCCC(=O)CCCCCC(C)[Si](OC(C)OC(C)OC)(OC(C)OC(C)OC)OC(C)OC(C)OC. The quantitative estimate of drug-likeness (QED) is 0.0319. The van der Waals surface area contributed by atoms with E-state index in [0.29, 0.717) is 25.7 Å². The van der Waals surface area contributed by atoms with Gasteiger partial charge in [-0.05, 0) is 109 Å². The van der Waals surface area contributed by atoms with Crippen LogP contribution in [0.5, 0.6) is 0 Å². The van der Waals surface area contributed by atoms with Crippen molar-refractivity contribution in [2.24, 2.45) is 0 Å². The molecule has 0 aliphatic rings. The van der Waals surface area contributed by atoms with Crippen LogP contribution < -0.4 is 0 Å². The van der Waals surface area contributed by atoms with Crippen molar-refractivity contribution in [2.75, 3.05) is 42.7 Å². The molecule has 0 heterocycles. The highest BCUT2D eigenvalue weighted by Crippen LogP contribution is 2.37. The number of ketones is 1. The van der Waals surface area contributed by atoms with E-state index in [1.807, 2.05) is 13.8 Å². The molecular formula is C45H94O19Si2. The van der Waals surface area contributed by atoms with Crippen LogP contribution in [0.1, 0.15) is 161 Å². The van der Waals surface area contributed by atoms with Crippen LogP contribution >= 0.6 is 0 Å². The molecule has 0 aliphatic heterocycles. The number of ether oxygens (including phenoxy) is 12. The van der Waals surface area contributed by atoms with E-state index in [-0.39, 0.29) is 16.9 Å². The van der Waals surface area contributed by atoms with Gasteiger partial charge in [-0.1, -0.05) is 39.5 Å². The van der Waals surface area contributed by atoms with Crippen LogP contribution in [0.2, 0.25) is 11.1 Å². The predicted molar refractivity (Wildman–Crippen MR) is 250 cm³/mol. The monoisotopic (exact) mass is 995 g/mol. The fourth-order valence-corrected chi connectivity index (χ4v) is 12.7. The van der Waals surface area contributed by atoms with Crippen LogP contribution in [-0.4, -0.2) is 142 Å². The summed E-state index contributed by atoms with van der Waals surface area (Å²) >= 11 is 0. The first-order chi connectivity index (χ1) is 31.0. The summed E-state index contributed by atoms with van der Waals surface area (Å²) in [7, 11) is 1.99. The molecule has 21 heteroatoms. The number of hydrogen-bond acceptors (Lipinski definition) is 19. The van der Waals surface area contributed by atoms with E-state index in [1.165, 1.54) is 0 Å². The summed E-state index contributed by atoms with van der Waals surface area (Å²) < 4.78 is 107. The van der Waals surface area contributed by atoms with Gasteiger partial charge in [-0.3, -0.25) is 4.79 Å².